The maximum Gasteiger partial charge on any atom is 0.335 e. The number of rotatable bonds is 4. The summed E-state index contributed by atoms with van der Waals surface area (Å²) >= 11 is 0. The minimum atomic E-state index is -0.531. The van der Waals surface area contributed by atoms with Crippen molar-refractivity contribution in [1.82, 2.24) is 0 Å². The molecule has 0 aliphatic heterocycles. The molecule has 4 aromatic carbocycles. The Kier molecular flexibility index (Phi) is 5.27. The Morgan fingerprint density at radius 3 is 1.18 bits per heavy atom. The first-order valence-corrected chi connectivity index (χ1v) is 12.7. The summed E-state index contributed by atoms with van der Waals surface area (Å²) in [6.07, 6.45) is 3.00. The van der Waals surface area contributed by atoms with Crippen LogP contribution in [-0.4, -0.2) is 0 Å². The standard InChI is InChI=1S/C35H22O4/c36-33-19-13-25(21-38-33)23-9-15-27(16-10-23)35(28-17-11-24(12-18-28)26-14-20-34(37)39-22-26)31-7-3-1-5-29(31)30-6-2-4-8-32(30)35/h1-22H. The first-order valence-electron chi connectivity index (χ1n) is 12.7. The Bertz CT molecular complexity index is 1760. The molecule has 0 unspecified atom stereocenters. The van der Waals surface area contributed by atoms with Crippen molar-refractivity contribution in [3.05, 3.63) is 177 Å². The van der Waals surface area contributed by atoms with Gasteiger partial charge in [0.15, 0.2) is 0 Å². The third-order valence-corrected chi connectivity index (χ3v) is 7.66. The molecule has 0 spiro atoms. The van der Waals surface area contributed by atoms with E-state index in [0.29, 0.717) is 0 Å². The highest BCUT2D eigenvalue weighted by molar-refractivity contribution is 5.86. The van der Waals surface area contributed by atoms with Crippen LogP contribution >= 0.6 is 0 Å². The lowest BCUT2D eigenvalue weighted by molar-refractivity contribution is 0.512. The van der Waals surface area contributed by atoms with Crippen LogP contribution in [0.15, 0.2) is 152 Å². The van der Waals surface area contributed by atoms with Gasteiger partial charge in [0.05, 0.1) is 5.41 Å². The predicted octanol–water partition coefficient (Wildman–Crippen LogP) is 7.29. The van der Waals surface area contributed by atoms with Crippen LogP contribution in [0.2, 0.25) is 0 Å². The molecule has 2 aromatic heterocycles. The molecule has 4 heteroatoms. The zero-order valence-corrected chi connectivity index (χ0v) is 20.8. The lowest BCUT2D eigenvalue weighted by Gasteiger charge is -2.34. The molecule has 0 fully saturated rings. The predicted molar refractivity (Wildman–Crippen MR) is 152 cm³/mol. The van der Waals surface area contributed by atoms with Crippen molar-refractivity contribution in [1.29, 1.82) is 0 Å². The van der Waals surface area contributed by atoms with Crippen LogP contribution in [0.1, 0.15) is 22.3 Å². The number of hydrogen-bond acceptors (Lipinski definition) is 4. The maximum absolute atomic E-state index is 11.5. The number of fused-ring (bicyclic) bond motifs is 3. The fraction of sp³-hybridized carbons (Fsp3) is 0.0286. The van der Waals surface area contributed by atoms with Crippen molar-refractivity contribution in [2.45, 2.75) is 5.41 Å². The summed E-state index contributed by atoms with van der Waals surface area (Å²) in [4.78, 5) is 22.9. The van der Waals surface area contributed by atoms with Crippen LogP contribution in [0.25, 0.3) is 33.4 Å². The van der Waals surface area contributed by atoms with Crippen molar-refractivity contribution in [3.8, 4) is 33.4 Å². The summed E-state index contributed by atoms with van der Waals surface area (Å²) in [7, 11) is 0. The van der Waals surface area contributed by atoms with Gasteiger partial charge >= 0.3 is 11.3 Å². The van der Waals surface area contributed by atoms with Crippen LogP contribution in [0.3, 0.4) is 0 Å². The van der Waals surface area contributed by atoms with Gasteiger partial charge in [0.2, 0.25) is 0 Å². The summed E-state index contributed by atoms with van der Waals surface area (Å²) in [5.41, 5.74) is 9.54. The highest BCUT2D eigenvalue weighted by Crippen LogP contribution is 2.56. The van der Waals surface area contributed by atoms with Gasteiger partial charge in [-0.25, -0.2) is 9.59 Å². The van der Waals surface area contributed by atoms with E-state index >= 15 is 0 Å². The third kappa shape index (κ3) is 3.61. The first-order chi connectivity index (χ1) is 19.1. The van der Waals surface area contributed by atoms with Gasteiger partial charge in [-0.15, -0.1) is 0 Å². The van der Waals surface area contributed by atoms with Crippen molar-refractivity contribution in [2.75, 3.05) is 0 Å². The molecule has 39 heavy (non-hydrogen) atoms. The van der Waals surface area contributed by atoms with Gasteiger partial charge in [0.25, 0.3) is 0 Å². The van der Waals surface area contributed by atoms with Gasteiger partial charge in [-0.2, -0.15) is 0 Å². The highest BCUT2D eigenvalue weighted by atomic mass is 16.4. The topological polar surface area (TPSA) is 60.4 Å². The molecule has 0 saturated heterocycles. The van der Waals surface area contributed by atoms with E-state index < -0.39 is 5.41 Å². The zero-order chi connectivity index (χ0) is 26.4. The average molecular weight is 507 g/mol. The van der Waals surface area contributed by atoms with Crippen molar-refractivity contribution in [2.24, 2.45) is 0 Å². The first kappa shape index (κ1) is 22.9. The Labute approximate surface area is 224 Å². The second-order valence-electron chi connectivity index (χ2n) is 9.68. The molecule has 0 saturated carbocycles. The molecule has 0 amide bonds. The molecule has 6 aromatic rings. The van der Waals surface area contributed by atoms with Gasteiger partial charge < -0.3 is 8.83 Å². The summed E-state index contributed by atoms with van der Waals surface area (Å²) < 4.78 is 10.2. The van der Waals surface area contributed by atoms with E-state index in [-0.39, 0.29) is 11.3 Å². The molecule has 186 valence electrons. The fourth-order valence-electron chi connectivity index (χ4n) is 5.89. The van der Waals surface area contributed by atoms with E-state index in [2.05, 4.69) is 97.1 Å². The summed E-state index contributed by atoms with van der Waals surface area (Å²) in [5.74, 6) is 0. The van der Waals surface area contributed by atoms with E-state index in [9.17, 15) is 9.59 Å². The van der Waals surface area contributed by atoms with Gasteiger partial charge in [-0.3, -0.25) is 0 Å². The fourth-order valence-corrected chi connectivity index (χ4v) is 5.89. The van der Waals surface area contributed by atoms with Gasteiger partial charge in [0.1, 0.15) is 12.5 Å². The molecule has 0 atom stereocenters. The molecule has 2 heterocycles. The molecule has 7 rings (SSSR count). The second-order valence-corrected chi connectivity index (χ2v) is 9.68. The van der Waals surface area contributed by atoms with E-state index in [1.807, 2.05) is 0 Å². The van der Waals surface area contributed by atoms with E-state index in [0.717, 1.165) is 33.4 Å². The summed E-state index contributed by atoms with van der Waals surface area (Å²) in [5, 5.41) is 0. The Balaban J connectivity index is 1.44. The van der Waals surface area contributed by atoms with Crippen molar-refractivity contribution in [3.63, 3.8) is 0 Å². The van der Waals surface area contributed by atoms with Crippen LogP contribution in [0.4, 0.5) is 0 Å². The molecule has 1 aliphatic rings. The summed E-state index contributed by atoms with van der Waals surface area (Å²) in [6.45, 7) is 0. The lowest BCUT2D eigenvalue weighted by Crippen LogP contribution is -2.28. The van der Waals surface area contributed by atoms with Crippen molar-refractivity contribution >= 4 is 0 Å². The smallest absolute Gasteiger partial charge is 0.335 e. The Hall–Kier alpha value is -5.22. The number of hydrogen-bond donors (Lipinski definition) is 0. The largest absolute Gasteiger partial charge is 0.431 e. The quantitative estimate of drug-likeness (QED) is 0.252. The van der Waals surface area contributed by atoms with Gasteiger partial charge in [-0.05, 0) is 56.6 Å². The van der Waals surface area contributed by atoms with Crippen LogP contribution in [-0.2, 0) is 5.41 Å². The van der Waals surface area contributed by atoms with E-state index in [1.54, 1.807) is 12.1 Å². The molecule has 0 radical (unpaired) electrons. The zero-order valence-electron chi connectivity index (χ0n) is 20.8. The Morgan fingerprint density at radius 1 is 0.410 bits per heavy atom. The normalized spacial score (nSPS) is 13.0. The number of benzene rings is 4. The van der Waals surface area contributed by atoms with Crippen molar-refractivity contribution < 1.29 is 8.83 Å². The highest BCUT2D eigenvalue weighted by Gasteiger charge is 2.45. The monoisotopic (exact) mass is 506 g/mol. The molecule has 1 aliphatic carbocycles. The Morgan fingerprint density at radius 2 is 0.795 bits per heavy atom. The second kappa shape index (κ2) is 8.96. The third-order valence-electron chi connectivity index (χ3n) is 7.66. The lowest BCUT2D eigenvalue weighted by atomic mass is 9.67. The van der Waals surface area contributed by atoms with Crippen LogP contribution < -0.4 is 11.3 Å². The van der Waals surface area contributed by atoms with Gasteiger partial charge in [-0.1, -0.05) is 97.1 Å². The minimum absolute atomic E-state index is 0.366. The SMILES string of the molecule is O=c1ccc(-c2ccc(C3(c4ccc(-c5ccc(=O)oc5)cc4)c4ccccc4-c4ccccc43)cc2)co1. The van der Waals surface area contributed by atoms with Gasteiger partial charge in [0, 0.05) is 23.3 Å². The molecular formula is C35H22O4. The minimum Gasteiger partial charge on any atom is -0.431 e. The molecular weight excluding hydrogens is 484 g/mol. The molecule has 0 bridgehead atoms. The summed E-state index contributed by atoms with van der Waals surface area (Å²) in [6, 6.07) is 40.6. The van der Waals surface area contributed by atoms with E-state index in [4.69, 9.17) is 8.83 Å². The molecule has 4 nitrogen and oxygen atoms in total. The maximum atomic E-state index is 11.5. The van der Waals surface area contributed by atoms with Crippen LogP contribution in [0, 0.1) is 0 Å². The molecule has 0 N–H and O–H groups in total. The average Bonchev–Trinajstić information content (AvgIpc) is 3.29. The van der Waals surface area contributed by atoms with E-state index in [1.165, 1.54) is 46.9 Å². The van der Waals surface area contributed by atoms with Crippen LogP contribution in [0.5, 0.6) is 0 Å².